The van der Waals surface area contributed by atoms with Crippen LogP contribution >= 0.6 is 0 Å². The van der Waals surface area contributed by atoms with Gasteiger partial charge in [0.2, 0.25) is 0 Å². The molecule has 2 rings (SSSR count). The Bertz CT molecular complexity index is 1050. The fraction of sp³-hybridized carbons (Fsp3) is 0.111. The zero-order valence-corrected chi connectivity index (χ0v) is 21.2. The number of amidine groups is 2. The number of hydrazone groups is 2. The Morgan fingerprint density at radius 3 is 1.49 bits per heavy atom. The van der Waals surface area contributed by atoms with Crippen molar-refractivity contribution in [3.8, 4) is 0 Å². The van der Waals surface area contributed by atoms with Crippen LogP contribution in [0.25, 0.3) is 12.2 Å². The van der Waals surface area contributed by atoms with Crippen LogP contribution < -0.4 is 10.9 Å². The molecule has 2 aromatic rings. The van der Waals surface area contributed by atoms with E-state index in [1.54, 1.807) is 26.2 Å². The monoisotopic (exact) mass is 612 g/mol. The van der Waals surface area contributed by atoms with Gasteiger partial charge >= 0.3 is 32.2 Å². The molecule has 0 aliphatic heterocycles. The minimum absolute atomic E-state index is 0. The molecule has 0 aliphatic carbocycles. The smallest absolute Gasteiger partial charge is 0.741 e. The molecule has 35 heavy (non-hydrogen) atoms. The molecule has 0 radical (unpaired) electrons. The summed E-state index contributed by atoms with van der Waals surface area (Å²) in [6, 6.07) is 5.53. The van der Waals surface area contributed by atoms with Crippen LogP contribution in [0.3, 0.4) is 0 Å². The summed E-state index contributed by atoms with van der Waals surface area (Å²) in [7, 11) is 3.09. The predicted molar refractivity (Wildman–Crippen MR) is 133 cm³/mol. The predicted octanol–water partition coefficient (Wildman–Crippen LogP) is 2.62. The van der Waals surface area contributed by atoms with Crippen LogP contribution in [-0.4, -0.2) is 46.7 Å². The molecule has 0 atom stereocenters. The summed E-state index contributed by atoms with van der Waals surface area (Å²) in [6.07, 6.45) is 9.01. The van der Waals surface area contributed by atoms with Gasteiger partial charge in [-0.2, -0.15) is 10.2 Å². The van der Waals surface area contributed by atoms with Gasteiger partial charge < -0.3 is 34.1 Å². The number of nitrogens with one attached hydrogen (secondary N) is 2. The van der Waals surface area contributed by atoms with Crippen molar-refractivity contribution < 1.29 is 39.1 Å². The van der Waals surface area contributed by atoms with Gasteiger partial charge in [-0.25, -0.2) is 0 Å². The summed E-state index contributed by atoms with van der Waals surface area (Å²) in [5.41, 5.74) is 4.97. The van der Waals surface area contributed by atoms with E-state index in [4.69, 9.17) is 34.1 Å². The van der Waals surface area contributed by atoms with Crippen molar-refractivity contribution in [2.24, 2.45) is 20.2 Å². The number of nitrogens with zero attached hydrogens (tertiary/aromatic N) is 6. The average molecular weight is 613 g/mol. The largest absolute Gasteiger partial charge is 2.00 e. The zero-order valence-electron chi connectivity index (χ0n) is 18.0. The molecule has 14 nitrogen and oxygen atoms in total. The molecule has 0 bridgehead atoms. The first-order valence-electron chi connectivity index (χ1n) is 8.94. The summed E-state index contributed by atoms with van der Waals surface area (Å²) < 4.78 is 9.76. The SMILES string of the molecule is CN=C([S-])N/N=C/C=C/c1ccc([N+](=O)[O-])o1.CN=C([S-])N/N=C/C=C/c1ccc([N+](=O)[O-])o1.[Pd+2]. The molecule has 0 spiro atoms. The van der Waals surface area contributed by atoms with E-state index in [2.05, 4.69) is 31.0 Å². The van der Waals surface area contributed by atoms with Gasteiger partial charge in [-0.3, -0.25) is 41.1 Å². The van der Waals surface area contributed by atoms with Crippen molar-refractivity contribution in [3.05, 3.63) is 68.2 Å². The second-order valence-corrected chi connectivity index (χ2v) is 6.20. The van der Waals surface area contributed by atoms with Gasteiger partial charge in [0.25, 0.3) is 0 Å². The molecule has 0 saturated carbocycles. The molecule has 188 valence electrons. The van der Waals surface area contributed by atoms with Crippen LogP contribution in [0, 0.1) is 20.2 Å². The minimum atomic E-state index is -0.603. The van der Waals surface area contributed by atoms with Crippen molar-refractivity contribution in [2.75, 3.05) is 14.1 Å². The maximum Gasteiger partial charge on any atom is 2.00 e. The van der Waals surface area contributed by atoms with E-state index in [1.165, 1.54) is 48.8 Å². The van der Waals surface area contributed by atoms with Crippen LogP contribution in [0.1, 0.15) is 11.5 Å². The normalized spacial score (nSPS) is 12.1. The third kappa shape index (κ3) is 13.5. The number of hydrogen-bond acceptors (Lipinski definition) is 12. The van der Waals surface area contributed by atoms with E-state index in [1.807, 2.05) is 0 Å². The molecule has 2 heterocycles. The van der Waals surface area contributed by atoms with Gasteiger partial charge in [0, 0.05) is 26.5 Å². The summed E-state index contributed by atoms with van der Waals surface area (Å²) in [4.78, 5) is 26.8. The molecule has 2 N–H and O–H groups in total. The van der Waals surface area contributed by atoms with E-state index in [9.17, 15) is 20.2 Å². The average Bonchev–Trinajstić information content (AvgIpc) is 3.49. The molecule has 0 unspecified atom stereocenters. The molecule has 0 aliphatic rings. The molecule has 0 amide bonds. The summed E-state index contributed by atoms with van der Waals surface area (Å²) >= 11 is 9.44. The number of nitro groups is 2. The van der Waals surface area contributed by atoms with Gasteiger partial charge in [0.1, 0.15) is 21.4 Å². The zero-order chi connectivity index (χ0) is 25.3. The minimum Gasteiger partial charge on any atom is -0.741 e. The molecular weight excluding hydrogens is 595 g/mol. The summed E-state index contributed by atoms with van der Waals surface area (Å²) in [5, 5.41) is 28.6. The standard InChI is InChI=1S/2C9H10N4O3S.Pd/c2*1-10-9(17)12-11-6-2-3-7-4-5-8(16-7)13(14)15;/h2*2-6H,1H3,(H2,10,12,17);/q;;+2/p-2/b2*3-2+,11-6+;. The van der Waals surface area contributed by atoms with Gasteiger partial charge in [-0.05, 0) is 46.8 Å². The Labute approximate surface area is 223 Å². The Morgan fingerprint density at radius 2 is 1.20 bits per heavy atom. The number of hydrogen-bond donors (Lipinski definition) is 2. The number of furan rings is 2. The molecule has 17 heteroatoms. The van der Waals surface area contributed by atoms with Crippen molar-refractivity contribution in [1.29, 1.82) is 0 Å². The quantitative estimate of drug-likeness (QED) is 0.112. The second-order valence-electron chi connectivity index (χ2n) is 5.42. The first-order chi connectivity index (χ1) is 16.3. The second kappa shape index (κ2) is 17.7. The number of aliphatic imine (C=N–C) groups is 2. The van der Waals surface area contributed by atoms with Crippen LogP contribution in [0.15, 0.2) is 65.4 Å². The number of rotatable bonds is 8. The van der Waals surface area contributed by atoms with E-state index >= 15 is 0 Å². The molecule has 0 fully saturated rings. The molecular formula is C18H18N8O6PdS2. The van der Waals surface area contributed by atoms with Gasteiger partial charge in [-0.1, -0.05) is 0 Å². The first-order valence-corrected chi connectivity index (χ1v) is 9.76. The third-order valence-electron chi connectivity index (χ3n) is 3.15. The van der Waals surface area contributed by atoms with Gasteiger partial charge in [-0.15, -0.1) is 0 Å². The van der Waals surface area contributed by atoms with E-state index in [0.717, 1.165) is 0 Å². The van der Waals surface area contributed by atoms with Crippen molar-refractivity contribution >= 4 is 71.9 Å². The molecule has 0 aromatic carbocycles. The fourth-order valence-corrected chi connectivity index (χ4v) is 1.81. The first kappa shape index (κ1) is 31.2. The molecule has 2 aromatic heterocycles. The van der Waals surface area contributed by atoms with Gasteiger partial charge in [0.05, 0.1) is 12.1 Å². The van der Waals surface area contributed by atoms with Crippen molar-refractivity contribution in [3.63, 3.8) is 0 Å². The van der Waals surface area contributed by atoms with Crippen LogP contribution in [-0.2, 0) is 45.7 Å². The van der Waals surface area contributed by atoms with Crippen LogP contribution in [0.4, 0.5) is 11.8 Å². The number of allylic oxidation sites excluding steroid dienone is 2. The Balaban J connectivity index is 0.000000642. The van der Waals surface area contributed by atoms with Crippen molar-refractivity contribution in [2.45, 2.75) is 0 Å². The maximum absolute atomic E-state index is 10.3. The molecule has 0 saturated heterocycles. The van der Waals surface area contributed by atoms with E-state index in [-0.39, 0.29) is 42.5 Å². The summed E-state index contributed by atoms with van der Waals surface area (Å²) in [6.45, 7) is 0. The van der Waals surface area contributed by atoms with E-state index < -0.39 is 9.85 Å². The Morgan fingerprint density at radius 1 is 0.829 bits per heavy atom. The summed E-state index contributed by atoms with van der Waals surface area (Å²) in [5.74, 6) is 0.133. The van der Waals surface area contributed by atoms with Crippen molar-refractivity contribution in [1.82, 2.24) is 10.9 Å². The Kier molecular flexibility index (Phi) is 15.8. The Hall–Kier alpha value is -3.78. The van der Waals surface area contributed by atoms with Gasteiger partial charge in [0.15, 0.2) is 0 Å². The maximum atomic E-state index is 10.3. The van der Waals surface area contributed by atoms with Crippen LogP contribution in [0.5, 0.6) is 0 Å². The fourth-order valence-electron chi connectivity index (χ4n) is 1.71. The van der Waals surface area contributed by atoms with Crippen LogP contribution in [0.2, 0.25) is 0 Å². The van der Waals surface area contributed by atoms with E-state index in [0.29, 0.717) is 11.5 Å². The third-order valence-corrected chi connectivity index (χ3v) is 3.70. The topological polar surface area (TPSA) is 186 Å².